The maximum atomic E-state index is 5.08. The van der Waals surface area contributed by atoms with Crippen molar-refractivity contribution in [3.05, 3.63) is 0 Å². The first-order valence-electron chi connectivity index (χ1n) is 4.69. The SMILES string of the molecule is CCOB(OCC)OCC.CNC. The van der Waals surface area contributed by atoms with Gasteiger partial charge in [0.15, 0.2) is 0 Å². The topological polar surface area (TPSA) is 39.7 Å². The Morgan fingerprint density at radius 3 is 1.23 bits per heavy atom. The van der Waals surface area contributed by atoms with Gasteiger partial charge in [-0.2, -0.15) is 0 Å². The molecule has 0 radical (unpaired) electrons. The minimum Gasteiger partial charge on any atom is -0.386 e. The monoisotopic (exact) mass is 191 g/mol. The molecular formula is C8H22BNO3. The van der Waals surface area contributed by atoms with Crippen LogP contribution in [-0.4, -0.2) is 41.2 Å². The van der Waals surface area contributed by atoms with E-state index >= 15 is 0 Å². The summed E-state index contributed by atoms with van der Waals surface area (Å²) in [5.41, 5.74) is 0. The van der Waals surface area contributed by atoms with Gasteiger partial charge in [-0.05, 0) is 34.9 Å². The number of hydrogen-bond acceptors (Lipinski definition) is 4. The van der Waals surface area contributed by atoms with Gasteiger partial charge in [0.05, 0.1) is 0 Å². The first-order valence-corrected chi connectivity index (χ1v) is 4.69. The molecule has 80 valence electrons. The molecule has 0 saturated carbocycles. The molecule has 0 heterocycles. The van der Waals surface area contributed by atoms with Crippen LogP contribution in [0.1, 0.15) is 20.8 Å². The molecule has 0 aromatic heterocycles. The molecule has 0 aliphatic heterocycles. The molecule has 0 fully saturated rings. The van der Waals surface area contributed by atoms with Gasteiger partial charge in [0.1, 0.15) is 0 Å². The van der Waals surface area contributed by atoms with Gasteiger partial charge in [0.25, 0.3) is 0 Å². The van der Waals surface area contributed by atoms with E-state index in [1.54, 1.807) is 0 Å². The van der Waals surface area contributed by atoms with Gasteiger partial charge >= 0.3 is 7.32 Å². The van der Waals surface area contributed by atoms with Crippen molar-refractivity contribution in [2.24, 2.45) is 0 Å². The van der Waals surface area contributed by atoms with E-state index in [9.17, 15) is 0 Å². The van der Waals surface area contributed by atoms with Crippen LogP contribution in [0.15, 0.2) is 0 Å². The second-order valence-electron chi connectivity index (χ2n) is 2.15. The van der Waals surface area contributed by atoms with Crippen molar-refractivity contribution in [1.82, 2.24) is 5.32 Å². The van der Waals surface area contributed by atoms with E-state index in [1.165, 1.54) is 0 Å². The average Bonchev–Trinajstić information content (AvgIpc) is 2.07. The second-order valence-corrected chi connectivity index (χ2v) is 2.15. The van der Waals surface area contributed by atoms with E-state index in [2.05, 4.69) is 5.32 Å². The van der Waals surface area contributed by atoms with E-state index in [-0.39, 0.29) is 0 Å². The van der Waals surface area contributed by atoms with Crippen molar-refractivity contribution < 1.29 is 14.0 Å². The lowest BCUT2D eigenvalue weighted by Gasteiger charge is -2.09. The van der Waals surface area contributed by atoms with E-state index in [0.717, 1.165) is 0 Å². The molecule has 0 unspecified atom stereocenters. The number of rotatable bonds is 6. The lowest BCUT2D eigenvalue weighted by atomic mass is 10.2. The van der Waals surface area contributed by atoms with Crippen molar-refractivity contribution in [2.75, 3.05) is 33.9 Å². The van der Waals surface area contributed by atoms with Crippen molar-refractivity contribution in [2.45, 2.75) is 20.8 Å². The third kappa shape index (κ3) is 14.7. The van der Waals surface area contributed by atoms with E-state index in [0.29, 0.717) is 19.8 Å². The highest BCUT2D eigenvalue weighted by molar-refractivity contribution is 6.36. The molecule has 0 aromatic carbocycles. The van der Waals surface area contributed by atoms with Crippen LogP contribution >= 0.6 is 0 Å². The average molecular weight is 191 g/mol. The maximum absolute atomic E-state index is 5.08. The van der Waals surface area contributed by atoms with Crippen molar-refractivity contribution in [3.63, 3.8) is 0 Å². The summed E-state index contributed by atoms with van der Waals surface area (Å²) in [5.74, 6) is 0. The van der Waals surface area contributed by atoms with Crippen LogP contribution in [0.3, 0.4) is 0 Å². The van der Waals surface area contributed by atoms with Crippen molar-refractivity contribution in [3.8, 4) is 0 Å². The van der Waals surface area contributed by atoms with Crippen LogP contribution in [0.5, 0.6) is 0 Å². The normalized spacial score (nSPS) is 9.00. The third-order valence-electron chi connectivity index (χ3n) is 0.908. The first-order chi connectivity index (χ1) is 6.26. The lowest BCUT2D eigenvalue weighted by molar-refractivity contribution is 0.107. The quantitative estimate of drug-likeness (QED) is 0.633. The summed E-state index contributed by atoms with van der Waals surface area (Å²) >= 11 is 0. The molecule has 0 amide bonds. The van der Waals surface area contributed by atoms with Gasteiger partial charge in [-0.15, -0.1) is 0 Å². The minimum absolute atomic E-state index is 0.472. The summed E-state index contributed by atoms with van der Waals surface area (Å²) in [5, 5.41) is 2.75. The van der Waals surface area contributed by atoms with Gasteiger partial charge in [-0.1, -0.05) is 0 Å². The van der Waals surface area contributed by atoms with E-state index < -0.39 is 7.32 Å². The molecule has 0 rings (SSSR count). The molecule has 0 atom stereocenters. The van der Waals surface area contributed by atoms with Crippen LogP contribution in [0.4, 0.5) is 0 Å². The zero-order chi connectivity index (χ0) is 10.5. The van der Waals surface area contributed by atoms with Gasteiger partial charge in [0.2, 0.25) is 0 Å². The van der Waals surface area contributed by atoms with E-state index in [4.69, 9.17) is 14.0 Å². The molecule has 0 aromatic rings. The summed E-state index contributed by atoms with van der Waals surface area (Å²) in [4.78, 5) is 0. The standard InChI is InChI=1S/C6H15BO3.C2H7N/c1-4-8-7(9-5-2)10-6-3;1-3-2/h4-6H2,1-3H3;3H,1-2H3. The molecule has 0 aliphatic rings. The Morgan fingerprint density at radius 1 is 0.846 bits per heavy atom. The minimum atomic E-state index is -0.472. The highest BCUT2D eigenvalue weighted by atomic mass is 16.7. The Balaban J connectivity index is 0. The van der Waals surface area contributed by atoms with E-state index in [1.807, 2.05) is 34.9 Å². The van der Waals surface area contributed by atoms with Crippen molar-refractivity contribution in [1.29, 1.82) is 0 Å². The maximum Gasteiger partial charge on any atom is 0.639 e. The fraction of sp³-hybridized carbons (Fsp3) is 1.00. The van der Waals surface area contributed by atoms with Crippen molar-refractivity contribution >= 4 is 7.32 Å². The highest BCUT2D eigenvalue weighted by Gasteiger charge is 2.17. The molecule has 1 N–H and O–H groups in total. The van der Waals surface area contributed by atoms with Crippen LogP contribution in [0.25, 0.3) is 0 Å². The number of nitrogens with one attached hydrogen (secondary N) is 1. The van der Waals surface area contributed by atoms with Crippen LogP contribution < -0.4 is 5.32 Å². The molecule has 4 nitrogen and oxygen atoms in total. The summed E-state index contributed by atoms with van der Waals surface area (Å²) in [6, 6.07) is 0. The largest absolute Gasteiger partial charge is 0.639 e. The summed E-state index contributed by atoms with van der Waals surface area (Å²) in [7, 11) is 3.28. The van der Waals surface area contributed by atoms with Gasteiger partial charge in [-0.25, -0.2) is 0 Å². The number of hydrogen-bond donors (Lipinski definition) is 1. The Labute approximate surface area is 82.1 Å². The molecule has 0 spiro atoms. The zero-order valence-electron chi connectivity index (χ0n) is 9.42. The summed E-state index contributed by atoms with van der Waals surface area (Å²) in [6.45, 7) is 7.57. The molecule has 0 bridgehead atoms. The molecule has 5 heteroatoms. The fourth-order valence-corrected chi connectivity index (χ4v) is 0.553. The van der Waals surface area contributed by atoms with Gasteiger partial charge in [-0.3, -0.25) is 0 Å². The Hall–Kier alpha value is -0.0951. The predicted octanol–water partition coefficient (Wildman–Crippen LogP) is 0.916. The Bertz CT molecular complexity index is 71.5. The third-order valence-corrected chi connectivity index (χ3v) is 0.908. The fourth-order valence-electron chi connectivity index (χ4n) is 0.553. The predicted molar refractivity (Wildman–Crippen MR) is 55.6 cm³/mol. The summed E-state index contributed by atoms with van der Waals surface area (Å²) in [6.07, 6.45) is 0. The second kappa shape index (κ2) is 14.4. The van der Waals surface area contributed by atoms with Crippen LogP contribution in [0, 0.1) is 0 Å². The molecule has 13 heavy (non-hydrogen) atoms. The Morgan fingerprint density at radius 2 is 1.08 bits per heavy atom. The van der Waals surface area contributed by atoms with Crippen LogP contribution in [-0.2, 0) is 14.0 Å². The molecule has 0 aliphatic carbocycles. The Kier molecular flexibility index (Phi) is 17.1. The molecule has 0 saturated heterocycles. The van der Waals surface area contributed by atoms with Crippen LogP contribution in [0.2, 0.25) is 0 Å². The first kappa shape index (κ1) is 15.4. The van der Waals surface area contributed by atoms with Gasteiger partial charge in [0, 0.05) is 19.8 Å². The molecular weight excluding hydrogens is 169 g/mol. The lowest BCUT2D eigenvalue weighted by Crippen LogP contribution is -2.27. The zero-order valence-corrected chi connectivity index (χ0v) is 9.42. The smallest absolute Gasteiger partial charge is 0.386 e. The summed E-state index contributed by atoms with van der Waals surface area (Å²) < 4.78 is 15.2. The van der Waals surface area contributed by atoms with Gasteiger partial charge < -0.3 is 19.3 Å². The highest BCUT2D eigenvalue weighted by Crippen LogP contribution is 1.90.